The first-order valence-electron chi connectivity index (χ1n) is 8.08. The molecule has 5 nitrogen and oxygen atoms in total. The average molecular weight is 312 g/mol. The maximum Gasteiger partial charge on any atom is 0.179 e. The first-order chi connectivity index (χ1) is 11.3. The number of hydrogen-bond acceptors (Lipinski definition) is 5. The molecule has 1 N–H and O–H groups in total. The number of nitrogens with zero attached hydrogens (tertiary/aromatic N) is 3. The van der Waals surface area contributed by atoms with Gasteiger partial charge in [0.1, 0.15) is 0 Å². The predicted octanol–water partition coefficient (Wildman–Crippen LogP) is 3.74. The zero-order valence-electron chi connectivity index (χ0n) is 13.7. The number of rotatable bonds is 10. The minimum atomic E-state index is 0.605. The fourth-order valence-electron chi connectivity index (χ4n) is 2.11. The van der Waals surface area contributed by atoms with Gasteiger partial charge < -0.3 is 10.1 Å². The van der Waals surface area contributed by atoms with Gasteiger partial charge in [-0.05, 0) is 43.0 Å². The van der Waals surface area contributed by atoms with Crippen LogP contribution in [0.25, 0.3) is 6.08 Å². The highest BCUT2D eigenvalue weighted by Gasteiger charge is 2.07. The van der Waals surface area contributed by atoms with E-state index in [4.69, 9.17) is 4.74 Å². The number of hydrogen-bond donors (Lipinski definition) is 1. The molecular formula is C18H24N4O. The van der Waals surface area contributed by atoms with Gasteiger partial charge >= 0.3 is 0 Å². The number of nitrogens with one attached hydrogen (secondary N) is 1. The van der Waals surface area contributed by atoms with Crippen molar-refractivity contribution in [2.75, 3.05) is 18.5 Å². The van der Waals surface area contributed by atoms with E-state index in [0.717, 1.165) is 38.0 Å². The van der Waals surface area contributed by atoms with Crippen LogP contribution in [0, 0.1) is 0 Å². The highest BCUT2D eigenvalue weighted by molar-refractivity contribution is 5.52. The lowest BCUT2D eigenvalue weighted by atomic mass is 10.1. The van der Waals surface area contributed by atoms with Gasteiger partial charge in [-0.25, -0.2) is 9.97 Å². The zero-order chi connectivity index (χ0) is 16.3. The molecule has 0 atom stereocenters. The summed E-state index contributed by atoms with van der Waals surface area (Å²) in [5, 5.41) is 3.32. The molecule has 122 valence electrons. The zero-order valence-corrected chi connectivity index (χ0v) is 13.7. The minimum absolute atomic E-state index is 0.605. The molecule has 0 saturated carbocycles. The van der Waals surface area contributed by atoms with Crippen LogP contribution in [0.15, 0.2) is 37.3 Å². The fourth-order valence-corrected chi connectivity index (χ4v) is 2.11. The maximum atomic E-state index is 5.85. The predicted molar refractivity (Wildman–Crippen MR) is 93.6 cm³/mol. The summed E-state index contributed by atoms with van der Waals surface area (Å²) >= 11 is 0. The van der Waals surface area contributed by atoms with Crippen LogP contribution in [0.2, 0.25) is 0 Å². The summed E-state index contributed by atoms with van der Waals surface area (Å²) in [7, 11) is 0. The van der Waals surface area contributed by atoms with Gasteiger partial charge in [0.15, 0.2) is 17.4 Å². The quantitative estimate of drug-likeness (QED) is 0.677. The van der Waals surface area contributed by atoms with Crippen molar-refractivity contribution in [3.05, 3.63) is 48.7 Å². The molecule has 0 aliphatic rings. The molecule has 0 aliphatic carbocycles. The van der Waals surface area contributed by atoms with Crippen molar-refractivity contribution in [2.45, 2.75) is 32.6 Å². The van der Waals surface area contributed by atoms with E-state index in [1.165, 1.54) is 5.56 Å². The first-order valence-corrected chi connectivity index (χ1v) is 8.08. The molecular weight excluding hydrogens is 288 g/mol. The van der Waals surface area contributed by atoms with Gasteiger partial charge in [0.05, 0.1) is 12.8 Å². The molecule has 0 unspecified atom stereocenters. The molecule has 2 rings (SSSR count). The lowest BCUT2D eigenvalue weighted by Crippen LogP contribution is -2.08. The van der Waals surface area contributed by atoms with E-state index in [1.54, 1.807) is 12.3 Å². The van der Waals surface area contributed by atoms with E-state index in [0.29, 0.717) is 18.2 Å². The summed E-state index contributed by atoms with van der Waals surface area (Å²) in [6.07, 6.45) is 11.1. The Morgan fingerprint density at radius 2 is 2.09 bits per heavy atom. The molecule has 0 radical (unpaired) electrons. The van der Waals surface area contributed by atoms with Crippen molar-refractivity contribution in [1.29, 1.82) is 0 Å². The number of anilines is 1. The molecule has 5 heteroatoms. The Morgan fingerprint density at radius 3 is 2.83 bits per heavy atom. The lowest BCUT2D eigenvalue weighted by molar-refractivity contribution is 0.310. The van der Waals surface area contributed by atoms with Gasteiger partial charge in [-0.15, -0.1) is 0 Å². The van der Waals surface area contributed by atoms with Crippen molar-refractivity contribution < 1.29 is 4.74 Å². The molecule has 0 spiro atoms. The van der Waals surface area contributed by atoms with Crippen LogP contribution < -0.4 is 10.1 Å². The summed E-state index contributed by atoms with van der Waals surface area (Å²) in [6.45, 7) is 7.37. The molecule has 23 heavy (non-hydrogen) atoms. The maximum absolute atomic E-state index is 5.85. The van der Waals surface area contributed by atoms with E-state index >= 15 is 0 Å². The van der Waals surface area contributed by atoms with Gasteiger partial charge in [-0.2, -0.15) is 0 Å². The van der Waals surface area contributed by atoms with Gasteiger partial charge in [0.2, 0.25) is 0 Å². The Labute approximate surface area is 137 Å². The monoisotopic (exact) mass is 312 g/mol. The fraction of sp³-hybridized carbons (Fsp3) is 0.389. The standard InChI is InChI=1S/C18H24N4O/c1-3-5-10-20-18-16(14-21-17(4-2)22-18)23-13-6-7-15-8-11-19-12-9-15/h4,8-9,11-12,14H,2-3,5-7,10,13H2,1H3,(H,20,21,22). The van der Waals surface area contributed by atoms with Crippen LogP contribution in [0.1, 0.15) is 37.6 Å². The van der Waals surface area contributed by atoms with Gasteiger partial charge in [-0.1, -0.05) is 19.9 Å². The highest BCUT2D eigenvalue weighted by atomic mass is 16.5. The molecule has 0 amide bonds. The van der Waals surface area contributed by atoms with E-state index in [1.807, 2.05) is 24.5 Å². The smallest absolute Gasteiger partial charge is 0.179 e. The average Bonchev–Trinajstić information content (AvgIpc) is 2.60. The largest absolute Gasteiger partial charge is 0.488 e. The molecule has 2 aromatic rings. The van der Waals surface area contributed by atoms with Crippen LogP contribution in [0.3, 0.4) is 0 Å². The second kappa shape index (κ2) is 9.56. The van der Waals surface area contributed by atoms with E-state index < -0.39 is 0 Å². The van der Waals surface area contributed by atoms with Crippen LogP contribution in [-0.4, -0.2) is 28.1 Å². The Bertz CT molecular complexity index is 601. The first kappa shape index (κ1) is 16.9. The molecule has 2 heterocycles. The van der Waals surface area contributed by atoms with Gasteiger partial charge in [0.25, 0.3) is 0 Å². The third kappa shape index (κ3) is 5.70. The summed E-state index contributed by atoms with van der Waals surface area (Å²) in [5.74, 6) is 2.04. The molecule has 0 aromatic carbocycles. The number of aromatic nitrogens is 3. The lowest BCUT2D eigenvalue weighted by Gasteiger charge is -2.12. The van der Waals surface area contributed by atoms with Crippen LogP contribution >= 0.6 is 0 Å². The molecule has 2 aromatic heterocycles. The Balaban J connectivity index is 1.88. The molecule has 0 saturated heterocycles. The van der Waals surface area contributed by atoms with Crippen LogP contribution in [0.5, 0.6) is 5.75 Å². The second-order valence-electron chi connectivity index (χ2n) is 5.23. The highest BCUT2D eigenvalue weighted by Crippen LogP contribution is 2.21. The summed E-state index contributed by atoms with van der Waals surface area (Å²) in [5.41, 5.74) is 1.27. The SMILES string of the molecule is C=Cc1ncc(OCCCc2ccncc2)c(NCCCC)n1. The van der Waals surface area contributed by atoms with E-state index in [2.05, 4.69) is 33.8 Å². The molecule has 0 aliphatic heterocycles. The van der Waals surface area contributed by atoms with Crippen molar-refractivity contribution >= 4 is 11.9 Å². The Hall–Kier alpha value is -2.43. The Kier molecular flexibility index (Phi) is 7.04. The second-order valence-corrected chi connectivity index (χ2v) is 5.23. The van der Waals surface area contributed by atoms with Crippen LogP contribution in [0.4, 0.5) is 5.82 Å². The number of aryl methyl sites for hydroxylation is 1. The topological polar surface area (TPSA) is 59.9 Å². The third-order valence-corrected chi connectivity index (χ3v) is 3.40. The van der Waals surface area contributed by atoms with Crippen molar-refractivity contribution in [1.82, 2.24) is 15.0 Å². The summed E-state index contributed by atoms with van der Waals surface area (Å²) in [6, 6.07) is 4.06. The summed E-state index contributed by atoms with van der Waals surface area (Å²) < 4.78 is 5.85. The van der Waals surface area contributed by atoms with Gasteiger partial charge in [0, 0.05) is 18.9 Å². The third-order valence-electron chi connectivity index (χ3n) is 3.40. The normalized spacial score (nSPS) is 10.3. The van der Waals surface area contributed by atoms with E-state index in [-0.39, 0.29) is 0 Å². The van der Waals surface area contributed by atoms with Crippen molar-refractivity contribution in [3.63, 3.8) is 0 Å². The van der Waals surface area contributed by atoms with Crippen LogP contribution in [-0.2, 0) is 6.42 Å². The number of ether oxygens (including phenoxy) is 1. The molecule has 0 bridgehead atoms. The Morgan fingerprint density at radius 1 is 1.26 bits per heavy atom. The van der Waals surface area contributed by atoms with Gasteiger partial charge in [-0.3, -0.25) is 4.98 Å². The minimum Gasteiger partial charge on any atom is -0.488 e. The summed E-state index contributed by atoms with van der Waals surface area (Å²) in [4.78, 5) is 12.7. The van der Waals surface area contributed by atoms with E-state index in [9.17, 15) is 0 Å². The number of unbranched alkanes of at least 4 members (excludes halogenated alkanes) is 1. The van der Waals surface area contributed by atoms with Crippen molar-refractivity contribution in [3.8, 4) is 5.75 Å². The number of pyridine rings is 1. The van der Waals surface area contributed by atoms with Crippen molar-refractivity contribution in [2.24, 2.45) is 0 Å². The molecule has 0 fully saturated rings.